The third kappa shape index (κ3) is 5.88. The second kappa shape index (κ2) is 15.5. The Morgan fingerprint density at radius 3 is 0.725 bits per heavy atom. The van der Waals surface area contributed by atoms with Gasteiger partial charge in [0.1, 0.15) is 0 Å². The molecule has 0 aromatic heterocycles. The number of benzene rings is 10. The Hall–Kier alpha value is -8.60. The first kappa shape index (κ1) is 39.6. The van der Waals surface area contributed by atoms with E-state index in [1.54, 1.807) is 0 Å². The fourth-order valence-electron chi connectivity index (χ4n) is 12.7. The first-order valence-corrected chi connectivity index (χ1v) is 24.0. The number of fused-ring (bicyclic) bond motifs is 12. The fourth-order valence-corrected chi connectivity index (χ4v) is 12.7. The molecular formula is C65H46N2O2. The zero-order valence-electron chi connectivity index (χ0n) is 38.0. The van der Waals surface area contributed by atoms with Crippen LogP contribution in [-0.4, -0.2) is 7.05 Å². The van der Waals surface area contributed by atoms with Crippen LogP contribution in [0.25, 0.3) is 44.5 Å². The molecule has 10 aromatic carbocycles. The summed E-state index contributed by atoms with van der Waals surface area (Å²) in [7, 11) is 2.05. The summed E-state index contributed by atoms with van der Waals surface area (Å²) >= 11 is 0. The summed E-state index contributed by atoms with van der Waals surface area (Å²) in [5.74, 6) is 0.902. The third-order valence-electron chi connectivity index (χ3n) is 15.5. The van der Waals surface area contributed by atoms with Gasteiger partial charge in [0.15, 0.2) is 11.5 Å². The molecule has 0 amide bonds. The van der Waals surface area contributed by atoms with Crippen LogP contribution in [-0.2, 0) is 0 Å². The monoisotopic (exact) mass is 886 g/mol. The lowest BCUT2D eigenvalue weighted by molar-refractivity contribution is -0.100. The van der Waals surface area contributed by atoms with Crippen LogP contribution in [0.15, 0.2) is 218 Å². The highest BCUT2D eigenvalue weighted by Crippen LogP contribution is 2.57. The summed E-state index contributed by atoms with van der Waals surface area (Å²) in [4.78, 5) is 13.6. The van der Waals surface area contributed by atoms with Gasteiger partial charge in [0, 0.05) is 42.1 Å². The predicted octanol–water partition coefficient (Wildman–Crippen LogP) is 15.3. The lowest BCUT2D eigenvalue weighted by Crippen LogP contribution is -2.13. The summed E-state index contributed by atoms with van der Waals surface area (Å²) < 4.78 is 0. The van der Waals surface area contributed by atoms with Gasteiger partial charge in [-0.1, -0.05) is 194 Å². The molecule has 3 N–H and O–H groups in total. The summed E-state index contributed by atoms with van der Waals surface area (Å²) in [5.41, 5.74) is 33.7. The number of hydrogen-bond donors (Lipinski definition) is 2. The molecular weight excluding hydrogens is 841 g/mol. The second-order valence-electron chi connectivity index (χ2n) is 18.8. The fraction of sp³-hybridized carbons (Fsp3) is 0.0769. The molecule has 69 heavy (non-hydrogen) atoms. The molecule has 0 heterocycles. The molecule has 0 fully saturated rings. The smallest absolute Gasteiger partial charge is 0.179 e. The third-order valence-corrected chi connectivity index (χ3v) is 15.5. The van der Waals surface area contributed by atoms with Gasteiger partial charge in [0.25, 0.3) is 0 Å². The van der Waals surface area contributed by atoms with E-state index in [1.807, 2.05) is 0 Å². The topological polar surface area (TPSA) is 56.5 Å². The van der Waals surface area contributed by atoms with Crippen molar-refractivity contribution in [1.82, 2.24) is 0 Å². The van der Waals surface area contributed by atoms with Gasteiger partial charge in [-0.2, -0.15) is 0 Å². The number of nitrogen functional groups attached to an aromatic ring is 1. The maximum atomic E-state index is 7.61. The van der Waals surface area contributed by atoms with Crippen molar-refractivity contribution in [2.75, 3.05) is 18.1 Å². The van der Waals surface area contributed by atoms with Crippen LogP contribution in [0.5, 0.6) is 11.5 Å². The van der Waals surface area contributed by atoms with Gasteiger partial charge in [-0.3, -0.25) is 9.78 Å². The molecule has 4 heteroatoms. The normalized spacial score (nSPS) is 14.0. The van der Waals surface area contributed by atoms with Crippen molar-refractivity contribution in [1.29, 1.82) is 0 Å². The van der Waals surface area contributed by atoms with Crippen molar-refractivity contribution in [3.63, 3.8) is 0 Å². The summed E-state index contributed by atoms with van der Waals surface area (Å²) in [6.07, 6.45) is 0. The zero-order chi connectivity index (χ0) is 45.7. The van der Waals surface area contributed by atoms with Crippen molar-refractivity contribution in [3.05, 3.63) is 285 Å². The number of nitrogens with two attached hydrogens (primary N) is 1. The van der Waals surface area contributed by atoms with Crippen LogP contribution in [0.2, 0.25) is 0 Å². The largest absolute Gasteiger partial charge is 0.398 e. The molecule has 4 aliphatic rings. The lowest BCUT2D eigenvalue weighted by Gasteiger charge is -2.26. The summed E-state index contributed by atoms with van der Waals surface area (Å²) in [6.45, 7) is 0. The Labute approximate surface area is 402 Å². The Kier molecular flexibility index (Phi) is 8.87. The molecule has 0 bridgehead atoms. The Bertz CT molecular complexity index is 3320. The molecule has 0 aliphatic heterocycles. The molecule has 0 unspecified atom stereocenters. The van der Waals surface area contributed by atoms with Crippen molar-refractivity contribution < 1.29 is 9.78 Å². The van der Waals surface area contributed by atoms with Crippen LogP contribution >= 0.6 is 0 Å². The van der Waals surface area contributed by atoms with Crippen LogP contribution in [0.3, 0.4) is 0 Å². The number of anilines is 2. The number of nitrogens with one attached hydrogen (secondary N) is 1. The summed E-state index contributed by atoms with van der Waals surface area (Å²) in [5, 5.41) is 3.75. The van der Waals surface area contributed by atoms with E-state index in [1.165, 1.54) is 89.0 Å². The molecule has 0 saturated heterocycles. The SMILES string of the molecule is CNc1c(C2c3ccccc3-c3ccccc32)cc(OOc2cc(C3c4ccccc4-c4ccccc43)c(N)c(C3c4ccccc4-c4ccccc43)c2)cc1C1c2ccccc2-c2ccccc21. The van der Waals surface area contributed by atoms with Crippen LogP contribution < -0.4 is 20.8 Å². The van der Waals surface area contributed by atoms with Gasteiger partial charge in [0.2, 0.25) is 0 Å². The van der Waals surface area contributed by atoms with Crippen molar-refractivity contribution in [2.45, 2.75) is 23.7 Å². The van der Waals surface area contributed by atoms with E-state index in [4.69, 9.17) is 15.5 Å². The molecule has 0 spiro atoms. The highest BCUT2D eigenvalue weighted by atomic mass is 17.2. The Morgan fingerprint density at radius 2 is 0.493 bits per heavy atom. The van der Waals surface area contributed by atoms with Gasteiger partial charge >= 0.3 is 0 Å². The van der Waals surface area contributed by atoms with Crippen LogP contribution in [0.1, 0.15) is 90.4 Å². The maximum absolute atomic E-state index is 7.61. The standard InChI is InChI=1S/C65H46N2O2/c1-67-65-58(62-52-30-14-6-22-44(52)45-23-7-15-31-53(45)62)36-39(37-59(65)63-54-32-16-8-24-46(54)47-25-9-17-33-55(47)63)69-68-38-34-56(60-48-26-10-2-18-40(48)41-19-3-11-27-49(41)60)64(66)57(35-38)61-50-28-12-4-20-42(50)43-21-5-13-29-51(43)61/h2-37,60-63,67H,66H2,1H3. The van der Waals surface area contributed by atoms with Gasteiger partial charge in [-0.25, -0.2) is 0 Å². The van der Waals surface area contributed by atoms with Gasteiger partial charge < -0.3 is 11.1 Å². The Morgan fingerprint density at radius 1 is 0.290 bits per heavy atom. The first-order chi connectivity index (χ1) is 34.1. The van der Waals surface area contributed by atoms with Gasteiger partial charge in [-0.05, 0) is 136 Å². The number of hydrogen-bond acceptors (Lipinski definition) is 4. The van der Waals surface area contributed by atoms with E-state index in [0.717, 1.165) is 33.6 Å². The van der Waals surface area contributed by atoms with E-state index in [-0.39, 0.29) is 23.7 Å². The molecule has 328 valence electrons. The van der Waals surface area contributed by atoms with Crippen molar-refractivity contribution in [2.24, 2.45) is 0 Å². The minimum Gasteiger partial charge on any atom is -0.398 e. The average molecular weight is 887 g/mol. The lowest BCUT2D eigenvalue weighted by atomic mass is 9.82. The zero-order valence-corrected chi connectivity index (χ0v) is 38.0. The van der Waals surface area contributed by atoms with E-state index in [9.17, 15) is 0 Å². The van der Waals surface area contributed by atoms with Gasteiger partial charge in [-0.15, -0.1) is 0 Å². The minimum atomic E-state index is -0.107. The molecule has 10 aromatic rings. The molecule has 4 aliphatic carbocycles. The van der Waals surface area contributed by atoms with Crippen molar-refractivity contribution >= 4 is 11.4 Å². The quantitative estimate of drug-likeness (QED) is 0.0907. The molecule has 14 rings (SSSR count). The first-order valence-electron chi connectivity index (χ1n) is 24.0. The maximum Gasteiger partial charge on any atom is 0.179 e. The van der Waals surface area contributed by atoms with E-state index in [2.05, 4.69) is 231 Å². The molecule has 0 atom stereocenters. The average Bonchev–Trinajstić information content (AvgIpc) is 4.13. The van der Waals surface area contributed by atoms with Crippen LogP contribution in [0, 0.1) is 0 Å². The van der Waals surface area contributed by atoms with E-state index in [0.29, 0.717) is 11.5 Å². The van der Waals surface area contributed by atoms with E-state index >= 15 is 0 Å². The van der Waals surface area contributed by atoms with Crippen LogP contribution in [0.4, 0.5) is 11.4 Å². The highest BCUT2D eigenvalue weighted by Gasteiger charge is 2.38. The highest BCUT2D eigenvalue weighted by molar-refractivity contribution is 5.88. The van der Waals surface area contributed by atoms with E-state index < -0.39 is 0 Å². The summed E-state index contributed by atoms with van der Waals surface area (Å²) in [6, 6.07) is 78.8. The van der Waals surface area contributed by atoms with Gasteiger partial charge in [0.05, 0.1) is 0 Å². The number of rotatable bonds is 8. The minimum absolute atomic E-state index is 0.0474. The van der Waals surface area contributed by atoms with Crippen molar-refractivity contribution in [3.8, 4) is 56.0 Å². The molecule has 4 nitrogen and oxygen atoms in total. The second-order valence-corrected chi connectivity index (χ2v) is 18.8. The Balaban J connectivity index is 0.962. The molecule has 0 radical (unpaired) electrons. The predicted molar refractivity (Wildman–Crippen MR) is 279 cm³/mol. The molecule has 0 saturated carbocycles.